The molecule has 0 saturated heterocycles. The zero-order valence-corrected chi connectivity index (χ0v) is 15.8. The Morgan fingerprint density at radius 2 is 1.74 bits per heavy atom. The lowest BCUT2D eigenvalue weighted by atomic mass is 9.78. The van der Waals surface area contributed by atoms with Gasteiger partial charge in [-0.2, -0.15) is 0 Å². The van der Waals surface area contributed by atoms with Gasteiger partial charge in [-0.1, -0.05) is 38.1 Å². The number of allylic oxidation sites excluding steroid dienone is 1. The normalized spacial score (nSPS) is 21.9. The van der Waals surface area contributed by atoms with E-state index in [2.05, 4.69) is 24.5 Å². The summed E-state index contributed by atoms with van der Waals surface area (Å²) in [6, 6.07) is 14.2. The van der Waals surface area contributed by atoms with E-state index in [1.54, 1.807) is 12.1 Å². The van der Waals surface area contributed by atoms with Gasteiger partial charge in [0.25, 0.3) is 0 Å². The van der Waals surface area contributed by atoms with E-state index in [1.165, 1.54) is 12.1 Å². The number of anilines is 2. The van der Waals surface area contributed by atoms with Crippen LogP contribution in [-0.2, 0) is 4.79 Å². The Labute approximate surface area is 159 Å². The summed E-state index contributed by atoms with van der Waals surface area (Å²) in [6.07, 6.45) is 2.49. The SMILES string of the molecule is CC(C)C[C@@H]1CC(=O)C2=C(C1)Nc1ccccc1N[C@H]2c1ccc(F)cc1. The summed E-state index contributed by atoms with van der Waals surface area (Å²) in [5.74, 6) is 0.841. The van der Waals surface area contributed by atoms with Crippen LogP contribution in [0.4, 0.5) is 15.8 Å². The lowest BCUT2D eigenvalue weighted by Gasteiger charge is -2.30. The van der Waals surface area contributed by atoms with Crippen molar-refractivity contribution in [3.05, 3.63) is 71.2 Å². The summed E-state index contributed by atoms with van der Waals surface area (Å²) in [4.78, 5) is 13.2. The van der Waals surface area contributed by atoms with Crippen LogP contribution >= 0.6 is 0 Å². The molecular weight excluding hydrogens is 339 g/mol. The number of fused-ring (bicyclic) bond motifs is 1. The molecule has 1 aliphatic heterocycles. The standard InChI is InChI=1S/C23H25FN2O/c1-14(2)11-15-12-20-22(21(27)13-15)23(16-7-9-17(24)10-8-16)26-19-6-4-3-5-18(19)25-20/h3-10,14-15,23,25-26H,11-13H2,1-2H3/t15-,23-/m0/s1. The van der Waals surface area contributed by atoms with E-state index in [4.69, 9.17) is 0 Å². The van der Waals surface area contributed by atoms with Crippen molar-refractivity contribution in [1.82, 2.24) is 0 Å². The highest BCUT2D eigenvalue weighted by atomic mass is 19.1. The number of carbonyl (C=O) groups is 1. The Bertz CT molecular complexity index is 886. The minimum atomic E-state index is -0.274. The van der Waals surface area contributed by atoms with E-state index >= 15 is 0 Å². The molecular formula is C23H25FN2O. The summed E-state index contributed by atoms with van der Waals surface area (Å²) in [6.45, 7) is 4.40. The first-order valence-corrected chi connectivity index (χ1v) is 9.65. The summed E-state index contributed by atoms with van der Waals surface area (Å²) in [7, 11) is 0. The molecule has 0 unspecified atom stereocenters. The number of ketones is 1. The third-order valence-electron chi connectivity index (χ3n) is 5.40. The number of halogens is 1. The number of carbonyl (C=O) groups excluding carboxylic acids is 1. The van der Waals surface area contributed by atoms with Crippen LogP contribution in [0.1, 0.15) is 44.7 Å². The van der Waals surface area contributed by atoms with Gasteiger partial charge in [-0.15, -0.1) is 0 Å². The predicted molar refractivity (Wildman–Crippen MR) is 107 cm³/mol. The van der Waals surface area contributed by atoms with Crippen molar-refractivity contribution in [1.29, 1.82) is 0 Å². The Hall–Kier alpha value is -2.62. The number of para-hydroxylation sites is 2. The Morgan fingerprint density at radius 3 is 2.44 bits per heavy atom. The van der Waals surface area contributed by atoms with Crippen LogP contribution in [0.3, 0.4) is 0 Å². The van der Waals surface area contributed by atoms with Crippen LogP contribution in [0.5, 0.6) is 0 Å². The van der Waals surface area contributed by atoms with E-state index in [-0.39, 0.29) is 17.6 Å². The van der Waals surface area contributed by atoms with Gasteiger partial charge in [0.15, 0.2) is 5.78 Å². The molecule has 27 heavy (non-hydrogen) atoms. The van der Waals surface area contributed by atoms with Gasteiger partial charge in [0.05, 0.1) is 17.4 Å². The molecule has 0 aromatic heterocycles. The van der Waals surface area contributed by atoms with Gasteiger partial charge in [-0.05, 0) is 54.5 Å². The maximum atomic E-state index is 13.4. The molecule has 2 aromatic rings. The molecule has 4 rings (SSSR count). The first-order valence-electron chi connectivity index (χ1n) is 9.65. The largest absolute Gasteiger partial charge is 0.372 e. The Morgan fingerprint density at radius 1 is 1.04 bits per heavy atom. The molecule has 1 heterocycles. The summed E-state index contributed by atoms with van der Waals surface area (Å²) in [5, 5.41) is 7.05. The highest BCUT2D eigenvalue weighted by molar-refractivity contribution is 6.00. The summed E-state index contributed by atoms with van der Waals surface area (Å²) >= 11 is 0. The molecule has 3 nitrogen and oxygen atoms in total. The van der Waals surface area contributed by atoms with Crippen LogP contribution < -0.4 is 10.6 Å². The minimum Gasteiger partial charge on any atom is -0.372 e. The van der Waals surface area contributed by atoms with Gasteiger partial charge < -0.3 is 10.6 Å². The lowest BCUT2D eigenvalue weighted by molar-refractivity contribution is -0.117. The molecule has 2 N–H and O–H groups in total. The summed E-state index contributed by atoms with van der Waals surface area (Å²) < 4.78 is 13.4. The zero-order valence-electron chi connectivity index (χ0n) is 15.8. The molecule has 0 amide bonds. The second-order valence-corrected chi connectivity index (χ2v) is 8.02. The van der Waals surface area contributed by atoms with Gasteiger partial charge in [-0.3, -0.25) is 4.79 Å². The minimum absolute atomic E-state index is 0.184. The fourth-order valence-corrected chi connectivity index (χ4v) is 4.31. The van der Waals surface area contributed by atoms with Crippen molar-refractivity contribution in [3.8, 4) is 0 Å². The van der Waals surface area contributed by atoms with Crippen LogP contribution in [0.2, 0.25) is 0 Å². The molecule has 1 aliphatic carbocycles. The van der Waals surface area contributed by atoms with Gasteiger partial charge >= 0.3 is 0 Å². The van der Waals surface area contributed by atoms with Crippen molar-refractivity contribution in [2.45, 2.75) is 39.2 Å². The average molecular weight is 364 g/mol. The third-order valence-corrected chi connectivity index (χ3v) is 5.40. The van der Waals surface area contributed by atoms with E-state index < -0.39 is 0 Å². The van der Waals surface area contributed by atoms with Gasteiger partial charge in [0, 0.05) is 17.7 Å². The molecule has 4 heteroatoms. The Balaban J connectivity index is 1.79. The van der Waals surface area contributed by atoms with Crippen LogP contribution in [-0.4, -0.2) is 5.78 Å². The van der Waals surface area contributed by atoms with Gasteiger partial charge in [-0.25, -0.2) is 4.39 Å². The topological polar surface area (TPSA) is 41.1 Å². The molecule has 2 aromatic carbocycles. The molecule has 0 radical (unpaired) electrons. The van der Waals surface area contributed by atoms with Crippen molar-refractivity contribution in [2.24, 2.45) is 11.8 Å². The molecule has 0 bridgehead atoms. The second kappa shape index (κ2) is 7.18. The Kier molecular flexibility index (Phi) is 4.73. The smallest absolute Gasteiger partial charge is 0.163 e. The van der Waals surface area contributed by atoms with Gasteiger partial charge in [0.1, 0.15) is 5.82 Å². The number of hydrogen-bond donors (Lipinski definition) is 2. The molecule has 2 atom stereocenters. The van der Waals surface area contributed by atoms with Gasteiger partial charge in [0.2, 0.25) is 0 Å². The number of nitrogens with one attached hydrogen (secondary N) is 2. The van der Waals surface area contributed by atoms with E-state index in [0.29, 0.717) is 18.3 Å². The molecule has 0 fully saturated rings. The van der Waals surface area contributed by atoms with Crippen LogP contribution in [0, 0.1) is 17.7 Å². The fourth-order valence-electron chi connectivity index (χ4n) is 4.31. The van der Waals surface area contributed by atoms with Crippen molar-refractivity contribution >= 4 is 17.2 Å². The maximum Gasteiger partial charge on any atom is 0.163 e. The predicted octanol–water partition coefficient (Wildman–Crippen LogP) is 5.68. The first-order chi connectivity index (χ1) is 13.0. The van der Waals surface area contributed by atoms with Crippen LogP contribution in [0.15, 0.2) is 59.8 Å². The third kappa shape index (κ3) is 3.61. The number of rotatable bonds is 3. The maximum absolute atomic E-state index is 13.4. The summed E-state index contributed by atoms with van der Waals surface area (Å²) in [5.41, 5.74) is 4.63. The van der Waals surface area contributed by atoms with E-state index in [0.717, 1.165) is 41.1 Å². The highest BCUT2D eigenvalue weighted by Gasteiger charge is 2.35. The molecule has 0 saturated carbocycles. The second-order valence-electron chi connectivity index (χ2n) is 8.02. The van der Waals surface area contributed by atoms with E-state index in [9.17, 15) is 9.18 Å². The van der Waals surface area contributed by atoms with Crippen molar-refractivity contribution in [3.63, 3.8) is 0 Å². The van der Waals surface area contributed by atoms with Crippen LogP contribution in [0.25, 0.3) is 0 Å². The number of hydrogen-bond acceptors (Lipinski definition) is 3. The monoisotopic (exact) mass is 364 g/mol. The van der Waals surface area contributed by atoms with Crippen molar-refractivity contribution in [2.75, 3.05) is 10.6 Å². The molecule has 140 valence electrons. The fraction of sp³-hybridized carbons (Fsp3) is 0.348. The van der Waals surface area contributed by atoms with E-state index in [1.807, 2.05) is 24.3 Å². The average Bonchev–Trinajstić information content (AvgIpc) is 2.78. The lowest BCUT2D eigenvalue weighted by Crippen LogP contribution is -2.28. The highest BCUT2D eigenvalue weighted by Crippen LogP contribution is 2.42. The van der Waals surface area contributed by atoms with Crippen molar-refractivity contribution < 1.29 is 9.18 Å². The molecule has 0 spiro atoms. The number of benzene rings is 2. The zero-order chi connectivity index (χ0) is 19.0. The number of Topliss-reactive ketones (excluding diaryl/α,β-unsaturated/α-hetero) is 1. The quantitative estimate of drug-likeness (QED) is 0.736. The molecule has 2 aliphatic rings. The first kappa shape index (κ1) is 17.8.